The number of piperazine rings is 1. The highest BCUT2D eigenvalue weighted by Gasteiger charge is 2.26. The SMILES string of the molecule is CCOC(=O)N1CCN(C(=O)CNS(=O)(=O)c2ccc(C)cc2C)CC1. The van der Waals surface area contributed by atoms with E-state index in [0.717, 1.165) is 5.56 Å². The number of benzene rings is 1. The van der Waals surface area contributed by atoms with Gasteiger partial charge in [0.15, 0.2) is 0 Å². The summed E-state index contributed by atoms with van der Waals surface area (Å²) in [6, 6.07) is 5.04. The number of carbonyl (C=O) groups excluding carboxylic acids is 2. The van der Waals surface area contributed by atoms with Crippen molar-refractivity contribution >= 4 is 22.0 Å². The molecule has 1 aliphatic heterocycles. The molecule has 1 aromatic rings. The molecule has 0 atom stereocenters. The van der Waals surface area contributed by atoms with Gasteiger partial charge < -0.3 is 14.5 Å². The minimum Gasteiger partial charge on any atom is -0.450 e. The van der Waals surface area contributed by atoms with Gasteiger partial charge >= 0.3 is 6.09 Å². The van der Waals surface area contributed by atoms with Crippen LogP contribution in [-0.2, 0) is 19.6 Å². The lowest BCUT2D eigenvalue weighted by Crippen LogP contribution is -2.52. The Labute approximate surface area is 154 Å². The Kier molecular flexibility index (Phi) is 6.60. The molecular weight excluding hydrogens is 358 g/mol. The molecule has 0 bridgehead atoms. The maximum atomic E-state index is 12.4. The van der Waals surface area contributed by atoms with Crippen molar-refractivity contribution in [1.82, 2.24) is 14.5 Å². The van der Waals surface area contributed by atoms with Crippen LogP contribution in [0.3, 0.4) is 0 Å². The highest BCUT2D eigenvalue weighted by Crippen LogP contribution is 2.16. The van der Waals surface area contributed by atoms with Crippen molar-refractivity contribution in [3.05, 3.63) is 29.3 Å². The van der Waals surface area contributed by atoms with E-state index in [0.29, 0.717) is 38.3 Å². The van der Waals surface area contributed by atoms with E-state index in [1.807, 2.05) is 6.92 Å². The third-order valence-corrected chi connectivity index (χ3v) is 5.75. The normalized spacial score (nSPS) is 15.0. The molecule has 0 saturated carbocycles. The molecule has 1 aromatic carbocycles. The van der Waals surface area contributed by atoms with Crippen LogP contribution >= 0.6 is 0 Å². The quantitative estimate of drug-likeness (QED) is 0.814. The van der Waals surface area contributed by atoms with E-state index < -0.39 is 16.1 Å². The van der Waals surface area contributed by atoms with E-state index in [-0.39, 0.29) is 17.3 Å². The summed E-state index contributed by atoms with van der Waals surface area (Å²) in [5, 5.41) is 0. The number of sulfonamides is 1. The predicted molar refractivity (Wildman–Crippen MR) is 96.3 cm³/mol. The summed E-state index contributed by atoms with van der Waals surface area (Å²) in [4.78, 5) is 27.2. The highest BCUT2D eigenvalue weighted by molar-refractivity contribution is 7.89. The van der Waals surface area contributed by atoms with Gasteiger partial charge in [0.1, 0.15) is 0 Å². The Morgan fingerprint density at radius 1 is 1.12 bits per heavy atom. The smallest absolute Gasteiger partial charge is 0.409 e. The topological polar surface area (TPSA) is 96.0 Å². The first-order valence-electron chi connectivity index (χ1n) is 8.51. The number of hydrogen-bond acceptors (Lipinski definition) is 5. The highest BCUT2D eigenvalue weighted by atomic mass is 32.2. The van der Waals surface area contributed by atoms with Gasteiger partial charge in [-0.3, -0.25) is 4.79 Å². The summed E-state index contributed by atoms with van der Waals surface area (Å²) in [7, 11) is -3.76. The number of rotatable bonds is 5. The van der Waals surface area contributed by atoms with Gasteiger partial charge in [-0.2, -0.15) is 0 Å². The fourth-order valence-corrected chi connectivity index (χ4v) is 4.00. The van der Waals surface area contributed by atoms with E-state index in [2.05, 4.69) is 4.72 Å². The van der Waals surface area contributed by atoms with Gasteiger partial charge in [0.05, 0.1) is 18.0 Å². The minimum atomic E-state index is -3.76. The molecule has 2 amide bonds. The summed E-state index contributed by atoms with van der Waals surface area (Å²) in [6.07, 6.45) is -0.393. The van der Waals surface area contributed by atoms with Crippen LogP contribution in [0.15, 0.2) is 23.1 Å². The largest absolute Gasteiger partial charge is 0.450 e. The molecule has 9 heteroatoms. The fourth-order valence-electron chi connectivity index (χ4n) is 2.80. The monoisotopic (exact) mass is 383 g/mol. The van der Waals surface area contributed by atoms with Crippen LogP contribution in [0.5, 0.6) is 0 Å². The first-order chi connectivity index (χ1) is 12.2. The van der Waals surface area contributed by atoms with Crippen LogP contribution in [0.25, 0.3) is 0 Å². The van der Waals surface area contributed by atoms with Crippen LogP contribution in [0, 0.1) is 13.8 Å². The van der Waals surface area contributed by atoms with Crippen molar-refractivity contribution in [2.45, 2.75) is 25.7 Å². The van der Waals surface area contributed by atoms with E-state index in [4.69, 9.17) is 4.74 Å². The maximum absolute atomic E-state index is 12.4. The molecule has 0 radical (unpaired) electrons. The Bertz CT molecular complexity index is 771. The van der Waals surface area contributed by atoms with Crippen molar-refractivity contribution in [3.8, 4) is 0 Å². The number of nitrogens with one attached hydrogen (secondary N) is 1. The number of amides is 2. The molecular formula is C17H25N3O5S. The molecule has 144 valence electrons. The van der Waals surface area contributed by atoms with Crippen molar-refractivity contribution in [3.63, 3.8) is 0 Å². The first kappa shape index (κ1) is 20.2. The zero-order valence-electron chi connectivity index (χ0n) is 15.3. The number of nitrogens with zero attached hydrogens (tertiary/aromatic N) is 2. The van der Waals surface area contributed by atoms with Gasteiger partial charge in [-0.25, -0.2) is 17.9 Å². The summed E-state index contributed by atoms with van der Waals surface area (Å²) >= 11 is 0. The molecule has 1 aliphatic rings. The van der Waals surface area contributed by atoms with Crippen molar-refractivity contribution < 1.29 is 22.7 Å². The van der Waals surface area contributed by atoms with Crippen molar-refractivity contribution in [2.75, 3.05) is 39.3 Å². The van der Waals surface area contributed by atoms with Gasteiger partial charge in [-0.05, 0) is 32.4 Å². The Balaban J connectivity index is 1.90. The predicted octanol–water partition coefficient (Wildman–Crippen LogP) is 0.882. The number of carbonyl (C=O) groups is 2. The summed E-state index contributed by atoms with van der Waals surface area (Å²) in [5.41, 5.74) is 1.60. The van der Waals surface area contributed by atoms with Crippen LogP contribution in [0.4, 0.5) is 4.79 Å². The van der Waals surface area contributed by atoms with Crippen molar-refractivity contribution in [1.29, 1.82) is 0 Å². The van der Waals surface area contributed by atoms with E-state index in [9.17, 15) is 18.0 Å². The number of ether oxygens (including phenoxy) is 1. The Morgan fingerprint density at radius 3 is 2.31 bits per heavy atom. The standard InChI is InChI=1S/C17H25N3O5S/c1-4-25-17(22)20-9-7-19(8-10-20)16(21)12-18-26(23,24)15-6-5-13(2)11-14(15)3/h5-6,11,18H,4,7-10,12H2,1-3H3. The van der Waals surface area contributed by atoms with Gasteiger partial charge in [0.2, 0.25) is 15.9 Å². The Hall–Kier alpha value is -2.13. The third kappa shape index (κ3) is 4.95. The molecule has 0 aliphatic carbocycles. The molecule has 1 saturated heterocycles. The molecule has 0 spiro atoms. The second-order valence-electron chi connectivity index (χ2n) is 6.16. The van der Waals surface area contributed by atoms with Crippen molar-refractivity contribution in [2.24, 2.45) is 0 Å². The molecule has 0 aromatic heterocycles. The fraction of sp³-hybridized carbons (Fsp3) is 0.529. The van der Waals surface area contributed by atoms with Gasteiger partial charge in [-0.1, -0.05) is 17.7 Å². The van der Waals surface area contributed by atoms with Gasteiger partial charge in [0, 0.05) is 26.2 Å². The Morgan fingerprint density at radius 2 is 1.73 bits per heavy atom. The van der Waals surface area contributed by atoms with Gasteiger partial charge in [0.25, 0.3) is 0 Å². The number of aryl methyl sites for hydroxylation is 2. The lowest BCUT2D eigenvalue weighted by atomic mass is 10.2. The molecule has 26 heavy (non-hydrogen) atoms. The van der Waals surface area contributed by atoms with Crippen LogP contribution in [0.1, 0.15) is 18.1 Å². The number of hydrogen-bond donors (Lipinski definition) is 1. The average molecular weight is 383 g/mol. The van der Waals surface area contributed by atoms with Crippen LogP contribution in [-0.4, -0.2) is 69.5 Å². The van der Waals surface area contributed by atoms with E-state index >= 15 is 0 Å². The first-order valence-corrected chi connectivity index (χ1v) is 9.99. The second-order valence-corrected chi connectivity index (χ2v) is 7.90. The molecule has 2 rings (SSSR count). The zero-order valence-corrected chi connectivity index (χ0v) is 16.1. The van der Waals surface area contributed by atoms with E-state index in [1.54, 1.807) is 30.9 Å². The molecule has 8 nitrogen and oxygen atoms in total. The molecule has 1 heterocycles. The second kappa shape index (κ2) is 8.50. The third-order valence-electron chi connectivity index (χ3n) is 4.19. The lowest BCUT2D eigenvalue weighted by molar-refractivity contribution is -0.131. The average Bonchev–Trinajstić information content (AvgIpc) is 2.59. The summed E-state index contributed by atoms with van der Waals surface area (Å²) in [6.45, 7) is 6.77. The van der Waals surface area contributed by atoms with Crippen LogP contribution in [0.2, 0.25) is 0 Å². The molecule has 0 unspecified atom stereocenters. The zero-order chi connectivity index (χ0) is 19.3. The summed E-state index contributed by atoms with van der Waals surface area (Å²) in [5.74, 6) is -0.318. The lowest BCUT2D eigenvalue weighted by Gasteiger charge is -2.34. The molecule has 1 fully saturated rings. The van der Waals surface area contributed by atoms with Gasteiger partial charge in [-0.15, -0.1) is 0 Å². The summed E-state index contributed by atoms with van der Waals surface area (Å²) < 4.78 is 32.1. The van der Waals surface area contributed by atoms with Crippen LogP contribution < -0.4 is 4.72 Å². The molecule has 1 N–H and O–H groups in total. The van der Waals surface area contributed by atoms with E-state index in [1.165, 1.54) is 11.0 Å². The minimum absolute atomic E-state index is 0.169. The maximum Gasteiger partial charge on any atom is 0.409 e.